The number of ether oxygens (including phenoxy) is 1. The summed E-state index contributed by atoms with van der Waals surface area (Å²) in [4.78, 5) is 0.150. The highest BCUT2D eigenvalue weighted by Crippen LogP contribution is 2.29. The van der Waals surface area contributed by atoms with Crippen molar-refractivity contribution in [2.45, 2.75) is 4.90 Å². The number of methoxy groups -OCH3 is 1. The van der Waals surface area contributed by atoms with Crippen LogP contribution in [0.3, 0.4) is 0 Å². The van der Waals surface area contributed by atoms with E-state index in [1.807, 2.05) is 0 Å². The average Bonchev–Trinajstić information content (AvgIpc) is 2.39. The monoisotopic (exact) mass is 288 g/mol. The topological polar surface area (TPSA) is 72.6 Å². The summed E-state index contributed by atoms with van der Waals surface area (Å²) in [5.74, 6) is 1.98. The van der Waals surface area contributed by atoms with Gasteiger partial charge in [-0.1, -0.05) is 0 Å². The quantitative estimate of drug-likeness (QED) is 0.841. The summed E-state index contributed by atoms with van der Waals surface area (Å²) >= 11 is 1.76. The molecular weight excluding hydrogens is 272 g/mol. The maximum atomic E-state index is 12.5. The molecule has 0 saturated carbocycles. The summed E-state index contributed by atoms with van der Waals surface area (Å²) in [5, 5.41) is 0. The molecule has 5 nitrogen and oxygen atoms in total. The molecule has 0 bridgehead atoms. The van der Waals surface area contributed by atoms with Gasteiger partial charge in [0, 0.05) is 30.3 Å². The van der Waals surface area contributed by atoms with Crippen LogP contribution >= 0.6 is 11.8 Å². The van der Waals surface area contributed by atoms with E-state index in [-0.39, 0.29) is 4.90 Å². The number of hydrogen-bond acceptors (Lipinski definition) is 5. The van der Waals surface area contributed by atoms with E-state index in [9.17, 15) is 8.42 Å². The fourth-order valence-corrected chi connectivity index (χ4v) is 4.59. The lowest BCUT2D eigenvalue weighted by atomic mass is 10.3. The molecule has 0 spiro atoms. The van der Waals surface area contributed by atoms with Crippen molar-refractivity contribution in [1.82, 2.24) is 4.31 Å². The van der Waals surface area contributed by atoms with Gasteiger partial charge in [0.25, 0.3) is 0 Å². The van der Waals surface area contributed by atoms with Crippen molar-refractivity contribution in [3.63, 3.8) is 0 Å². The summed E-state index contributed by atoms with van der Waals surface area (Å²) in [6.07, 6.45) is 0. The van der Waals surface area contributed by atoms with Gasteiger partial charge in [-0.25, -0.2) is 8.42 Å². The summed E-state index contributed by atoms with van der Waals surface area (Å²) in [5.41, 5.74) is 6.08. The first-order valence-corrected chi connectivity index (χ1v) is 8.16. The van der Waals surface area contributed by atoms with E-state index in [1.54, 1.807) is 23.9 Å². The Kier molecular flexibility index (Phi) is 4.04. The minimum atomic E-state index is -3.51. The second kappa shape index (κ2) is 5.38. The Hall–Kier alpha value is -0.920. The van der Waals surface area contributed by atoms with E-state index >= 15 is 0 Å². The molecule has 1 heterocycles. The van der Waals surface area contributed by atoms with Crippen LogP contribution < -0.4 is 10.5 Å². The van der Waals surface area contributed by atoms with Gasteiger partial charge in [-0.15, -0.1) is 0 Å². The van der Waals surface area contributed by atoms with Crippen LogP contribution in [0.2, 0.25) is 0 Å². The molecule has 0 aromatic heterocycles. The van der Waals surface area contributed by atoms with Crippen LogP contribution in [-0.4, -0.2) is 44.4 Å². The van der Waals surface area contributed by atoms with Crippen LogP contribution in [0.25, 0.3) is 0 Å². The molecule has 2 N–H and O–H groups in total. The predicted molar refractivity (Wildman–Crippen MR) is 73.5 cm³/mol. The molecule has 18 heavy (non-hydrogen) atoms. The Morgan fingerprint density at radius 3 is 2.61 bits per heavy atom. The summed E-state index contributed by atoms with van der Waals surface area (Å²) in [7, 11) is -2.06. The normalized spacial score (nSPS) is 17.6. The minimum Gasteiger partial charge on any atom is -0.495 e. The van der Waals surface area contributed by atoms with Crippen LogP contribution in [0.15, 0.2) is 23.1 Å². The zero-order valence-corrected chi connectivity index (χ0v) is 11.8. The van der Waals surface area contributed by atoms with Gasteiger partial charge in [0.05, 0.1) is 7.11 Å². The van der Waals surface area contributed by atoms with Crippen molar-refractivity contribution < 1.29 is 13.2 Å². The van der Waals surface area contributed by atoms with E-state index in [0.29, 0.717) is 24.5 Å². The van der Waals surface area contributed by atoms with Gasteiger partial charge in [-0.05, 0) is 18.2 Å². The van der Waals surface area contributed by atoms with Gasteiger partial charge in [0.15, 0.2) is 0 Å². The van der Waals surface area contributed by atoms with Crippen molar-refractivity contribution in [2.24, 2.45) is 0 Å². The highest BCUT2D eigenvalue weighted by molar-refractivity contribution is 7.99. The summed E-state index contributed by atoms with van der Waals surface area (Å²) < 4.78 is 31.6. The lowest BCUT2D eigenvalue weighted by Gasteiger charge is -2.26. The highest BCUT2D eigenvalue weighted by atomic mass is 32.2. The summed E-state index contributed by atoms with van der Waals surface area (Å²) in [6.45, 7) is 1.07. The molecule has 0 amide bonds. The molecule has 2 rings (SSSR count). The Morgan fingerprint density at radius 2 is 2.00 bits per heavy atom. The SMILES string of the molecule is COc1ccc(N)cc1S(=O)(=O)N1CCSCC1. The van der Waals surface area contributed by atoms with Gasteiger partial charge in [-0.2, -0.15) is 16.1 Å². The lowest BCUT2D eigenvalue weighted by molar-refractivity contribution is 0.395. The van der Waals surface area contributed by atoms with Crippen LogP contribution in [0.5, 0.6) is 5.75 Å². The Labute approximate surface area is 111 Å². The molecule has 0 atom stereocenters. The van der Waals surface area contributed by atoms with E-state index in [2.05, 4.69) is 0 Å². The van der Waals surface area contributed by atoms with Gasteiger partial charge in [0.1, 0.15) is 10.6 Å². The first kappa shape index (κ1) is 13.5. The largest absolute Gasteiger partial charge is 0.495 e. The van der Waals surface area contributed by atoms with Crippen LogP contribution in [0.1, 0.15) is 0 Å². The first-order chi connectivity index (χ1) is 8.55. The van der Waals surface area contributed by atoms with Crippen LogP contribution in [0.4, 0.5) is 5.69 Å². The Balaban J connectivity index is 2.42. The van der Waals surface area contributed by atoms with Crippen molar-refractivity contribution in [3.8, 4) is 5.75 Å². The number of nitrogens with zero attached hydrogens (tertiary/aromatic N) is 1. The molecule has 1 fully saturated rings. The van der Waals surface area contributed by atoms with Gasteiger partial charge in [-0.3, -0.25) is 0 Å². The van der Waals surface area contributed by atoms with Crippen molar-refractivity contribution >= 4 is 27.5 Å². The van der Waals surface area contributed by atoms with Gasteiger partial charge < -0.3 is 10.5 Å². The highest BCUT2D eigenvalue weighted by Gasteiger charge is 2.29. The second-order valence-corrected chi connectivity index (χ2v) is 7.06. The molecule has 7 heteroatoms. The molecule has 1 aromatic carbocycles. The fourth-order valence-electron chi connectivity index (χ4n) is 1.82. The molecule has 1 aliphatic rings. The molecule has 100 valence electrons. The molecule has 1 saturated heterocycles. The van der Waals surface area contributed by atoms with E-state index < -0.39 is 10.0 Å². The molecule has 0 aliphatic carbocycles. The standard InChI is InChI=1S/C11H16N2O3S2/c1-16-10-3-2-9(12)8-11(10)18(14,15)13-4-6-17-7-5-13/h2-3,8H,4-7,12H2,1H3. The minimum absolute atomic E-state index is 0.150. The number of sulfonamides is 1. The van der Waals surface area contributed by atoms with Crippen molar-refractivity contribution in [1.29, 1.82) is 0 Å². The van der Waals surface area contributed by atoms with Gasteiger partial charge >= 0.3 is 0 Å². The van der Waals surface area contributed by atoms with Gasteiger partial charge in [0.2, 0.25) is 10.0 Å². The number of thioether (sulfide) groups is 1. The maximum absolute atomic E-state index is 12.5. The Bertz CT molecular complexity index is 525. The number of benzene rings is 1. The van der Waals surface area contributed by atoms with Crippen molar-refractivity contribution in [3.05, 3.63) is 18.2 Å². The third kappa shape index (κ3) is 2.57. The van der Waals surface area contributed by atoms with E-state index in [1.165, 1.54) is 17.5 Å². The van der Waals surface area contributed by atoms with E-state index in [4.69, 9.17) is 10.5 Å². The number of nitrogen functional groups attached to an aromatic ring is 1. The van der Waals surface area contributed by atoms with Crippen LogP contribution in [-0.2, 0) is 10.0 Å². The average molecular weight is 288 g/mol. The predicted octanol–water partition coefficient (Wildman–Crippen LogP) is 1.01. The third-order valence-electron chi connectivity index (χ3n) is 2.78. The molecule has 1 aliphatic heterocycles. The van der Waals surface area contributed by atoms with E-state index in [0.717, 1.165) is 11.5 Å². The zero-order valence-electron chi connectivity index (χ0n) is 10.1. The molecular formula is C11H16N2O3S2. The van der Waals surface area contributed by atoms with Crippen molar-refractivity contribution in [2.75, 3.05) is 37.4 Å². The summed E-state index contributed by atoms with van der Waals surface area (Å²) in [6, 6.07) is 4.67. The second-order valence-electron chi connectivity index (χ2n) is 3.93. The number of nitrogens with two attached hydrogens (primary N) is 1. The fraction of sp³-hybridized carbons (Fsp3) is 0.455. The molecule has 0 unspecified atom stereocenters. The lowest BCUT2D eigenvalue weighted by Crippen LogP contribution is -2.38. The first-order valence-electron chi connectivity index (χ1n) is 5.57. The maximum Gasteiger partial charge on any atom is 0.246 e. The molecule has 1 aromatic rings. The number of hydrogen-bond donors (Lipinski definition) is 1. The Morgan fingerprint density at radius 1 is 1.33 bits per heavy atom. The number of rotatable bonds is 3. The zero-order chi connectivity index (χ0) is 13.2. The number of anilines is 1. The smallest absolute Gasteiger partial charge is 0.246 e. The third-order valence-corrected chi connectivity index (χ3v) is 5.64. The van der Waals surface area contributed by atoms with Crippen LogP contribution in [0, 0.1) is 0 Å². The molecule has 0 radical (unpaired) electrons.